The Morgan fingerprint density at radius 2 is 1.85 bits per heavy atom. The summed E-state index contributed by atoms with van der Waals surface area (Å²) in [5.41, 5.74) is 1.19. The molecule has 0 saturated carbocycles. The molecule has 0 amide bonds. The van der Waals surface area contributed by atoms with E-state index >= 15 is 0 Å². The van der Waals surface area contributed by atoms with Gasteiger partial charge in [-0.3, -0.25) is 0 Å². The Kier molecular flexibility index (Phi) is 6.68. The molecule has 2 rings (SSSR count). The van der Waals surface area contributed by atoms with Gasteiger partial charge < -0.3 is 9.64 Å². The minimum absolute atomic E-state index is 0.716. The first kappa shape index (κ1) is 15.7. The number of halogens is 1. The molecular formula is C17H27ClNO+. The summed E-state index contributed by atoms with van der Waals surface area (Å²) in [6, 6.07) is 5.93. The SMILES string of the molecule is Cc1ccc(Cl)c(OCCCCCC[NH+]2CCCC2)c1. The molecule has 1 aliphatic rings. The van der Waals surface area contributed by atoms with Crippen LogP contribution in [0, 0.1) is 6.92 Å². The Balaban J connectivity index is 1.51. The lowest BCUT2D eigenvalue weighted by Crippen LogP contribution is -3.09. The van der Waals surface area contributed by atoms with Crippen LogP contribution in [0.25, 0.3) is 0 Å². The summed E-state index contributed by atoms with van der Waals surface area (Å²) in [6.45, 7) is 7.00. The third-order valence-electron chi connectivity index (χ3n) is 4.08. The van der Waals surface area contributed by atoms with Gasteiger partial charge in [0.25, 0.3) is 0 Å². The minimum Gasteiger partial charge on any atom is -0.492 e. The van der Waals surface area contributed by atoms with E-state index in [1.54, 1.807) is 0 Å². The second-order valence-electron chi connectivity index (χ2n) is 5.90. The predicted molar refractivity (Wildman–Crippen MR) is 84.9 cm³/mol. The van der Waals surface area contributed by atoms with E-state index in [4.69, 9.17) is 16.3 Å². The molecule has 1 saturated heterocycles. The van der Waals surface area contributed by atoms with Crippen molar-refractivity contribution < 1.29 is 9.64 Å². The van der Waals surface area contributed by atoms with Crippen LogP contribution in [0.15, 0.2) is 18.2 Å². The standard InChI is InChI=1S/C17H26ClNO/c1-15-8-9-16(18)17(14-15)20-13-7-3-2-4-10-19-11-5-6-12-19/h8-9,14H,2-7,10-13H2,1H3/p+1. The Morgan fingerprint density at radius 1 is 1.10 bits per heavy atom. The van der Waals surface area contributed by atoms with Crippen LogP contribution in [0.1, 0.15) is 44.1 Å². The number of unbranched alkanes of at least 4 members (excludes halogenated alkanes) is 3. The molecule has 0 aliphatic carbocycles. The first-order valence-electron chi connectivity index (χ1n) is 7.98. The van der Waals surface area contributed by atoms with E-state index in [2.05, 4.69) is 6.92 Å². The lowest BCUT2D eigenvalue weighted by atomic mass is 10.2. The van der Waals surface area contributed by atoms with Crippen molar-refractivity contribution in [2.75, 3.05) is 26.2 Å². The van der Waals surface area contributed by atoms with Crippen molar-refractivity contribution in [2.45, 2.75) is 45.4 Å². The zero-order valence-corrected chi connectivity index (χ0v) is 13.3. The molecule has 1 heterocycles. The summed E-state index contributed by atoms with van der Waals surface area (Å²) in [6.07, 6.45) is 7.94. The molecule has 1 N–H and O–H groups in total. The molecule has 0 bridgehead atoms. The Hall–Kier alpha value is -0.730. The number of nitrogens with one attached hydrogen (secondary N) is 1. The predicted octanol–water partition coefficient (Wildman–Crippen LogP) is 3.27. The van der Waals surface area contributed by atoms with Crippen molar-refractivity contribution in [3.63, 3.8) is 0 Å². The van der Waals surface area contributed by atoms with E-state index in [1.165, 1.54) is 57.3 Å². The van der Waals surface area contributed by atoms with Gasteiger partial charge in [0, 0.05) is 12.8 Å². The molecule has 1 aromatic carbocycles. The zero-order chi connectivity index (χ0) is 14.2. The highest BCUT2D eigenvalue weighted by molar-refractivity contribution is 6.32. The monoisotopic (exact) mass is 296 g/mol. The highest BCUT2D eigenvalue weighted by Crippen LogP contribution is 2.25. The molecule has 0 radical (unpaired) electrons. The second-order valence-corrected chi connectivity index (χ2v) is 6.31. The van der Waals surface area contributed by atoms with E-state index in [1.807, 2.05) is 23.1 Å². The molecular weight excluding hydrogens is 270 g/mol. The van der Waals surface area contributed by atoms with Crippen molar-refractivity contribution in [3.05, 3.63) is 28.8 Å². The number of benzene rings is 1. The molecule has 0 atom stereocenters. The Bertz CT molecular complexity index is 402. The number of likely N-dealkylation sites (tertiary alicyclic amines) is 1. The van der Waals surface area contributed by atoms with Crippen molar-refractivity contribution in [3.8, 4) is 5.75 Å². The van der Waals surface area contributed by atoms with Crippen molar-refractivity contribution in [1.29, 1.82) is 0 Å². The normalized spacial score (nSPS) is 15.7. The third-order valence-corrected chi connectivity index (χ3v) is 4.39. The number of ether oxygens (including phenoxy) is 1. The minimum atomic E-state index is 0.716. The van der Waals surface area contributed by atoms with Gasteiger partial charge in [-0.25, -0.2) is 0 Å². The van der Waals surface area contributed by atoms with Crippen LogP contribution >= 0.6 is 11.6 Å². The summed E-state index contributed by atoms with van der Waals surface area (Å²) in [5.74, 6) is 0.827. The maximum absolute atomic E-state index is 6.10. The molecule has 20 heavy (non-hydrogen) atoms. The quantitative estimate of drug-likeness (QED) is 0.727. The van der Waals surface area contributed by atoms with E-state index in [0.29, 0.717) is 5.02 Å². The number of aryl methyl sites for hydroxylation is 1. The van der Waals surface area contributed by atoms with Gasteiger partial charge >= 0.3 is 0 Å². The van der Waals surface area contributed by atoms with Gasteiger partial charge in [0.05, 0.1) is 31.3 Å². The molecule has 0 aromatic heterocycles. The summed E-state index contributed by atoms with van der Waals surface area (Å²) >= 11 is 6.10. The van der Waals surface area contributed by atoms with Crippen LogP contribution < -0.4 is 9.64 Å². The van der Waals surface area contributed by atoms with Gasteiger partial charge in [0.1, 0.15) is 5.75 Å². The fourth-order valence-electron chi connectivity index (χ4n) is 2.86. The van der Waals surface area contributed by atoms with Crippen molar-refractivity contribution in [1.82, 2.24) is 0 Å². The Labute approximate surface area is 128 Å². The summed E-state index contributed by atoms with van der Waals surface area (Å²) in [7, 11) is 0. The molecule has 1 fully saturated rings. The lowest BCUT2D eigenvalue weighted by molar-refractivity contribution is -0.887. The third kappa shape index (κ3) is 5.34. The smallest absolute Gasteiger partial charge is 0.138 e. The van der Waals surface area contributed by atoms with E-state index in [9.17, 15) is 0 Å². The molecule has 0 unspecified atom stereocenters. The molecule has 2 nitrogen and oxygen atoms in total. The van der Waals surface area contributed by atoms with Crippen molar-refractivity contribution >= 4 is 11.6 Å². The highest BCUT2D eigenvalue weighted by Gasteiger charge is 2.13. The topological polar surface area (TPSA) is 13.7 Å². The maximum atomic E-state index is 6.10. The highest BCUT2D eigenvalue weighted by atomic mass is 35.5. The van der Waals surface area contributed by atoms with Gasteiger partial charge in [-0.1, -0.05) is 17.7 Å². The Morgan fingerprint density at radius 3 is 2.65 bits per heavy atom. The van der Waals surface area contributed by atoms with Crippen LogP contribution in [0.2, 0.25) is 5.02 Å². The molecule has 1 aliphatic heterocycles. The van der Waals surface area contributed by atoms with Gasteiger partial charge in [-0.05, 0) is 50.3 Å². The summed E-state index contributed by atoms with van der Waals surface area (Å²) < 4.78 is 5.76. The first-order chi connectivity index (χ1) is 9.75. The second kappa shape index (κ2) is 8.53. The van der Waals surface area contributed by atoms with Gasteiger partial charge in [-0.15, -0.1) is 0 Å². The van der Waals surface area contributed by atoms with Crippen molar-refractivity contribution in [2.24, 2.45) is 0 Å². The maximum Gasteiger partial charge on any atom is 0.138 e. The van der Waals surface area contributed by atoms with Crippen LogP contribution in [0.4, 0.5) is 0 Å². The number of hydrogen-bond acceptors (Lipinski definition) is 1. The van der Waals surface area contributed by atoms with E-state index in [-0.39, 0.29) is 0 Å². The van der Waals surface area contributed by atoms with Crippen LogP contribution in [-0.4, -0.2) is 26.2 Å². The first-order valence-corrected chi connectivity index (χ1v) is 8.36. The fraction of sp³-hybridized carbons (Fsp3) is 0.647. The van der Waals surface area contributed by atoms with Gasteiger partial charge in [0.15, 0.2) is 0 Å². The van der Waals surface area contributed by atoms with E-state index < -0.39 is 0 Å². The molecule has 112 valence electrons. The van der Waals surface area contributed by atoms with Gasteiger partial charge in [0.2, 0.25) is 0 Å². The molecule has 0 spiro atoms. The average Bonchev–Trinajstić information content (AvgIpc) is 2.94. The fourth-order valence-corrected chi connectivity index (χ4v) is 3.03. The number of quaternary nitrogens is 1. The van der Waals surface area contributed by atoms with Crippen LogP contribution in [0.5, 0.6) is 5.75 Å². The molecule has 3 heteroatoms. The number of rotatable bonds is 8. The van der Waals surface area contributed by atoms with Crippen LogP contribution in [0.3, 0.4) is 0 Å². The summed E-state index contributed by atoms with van der Waals surface area (Å²) in [5, 5.41) is 0.716. The average molecular weight is 297 g/mol. The summed E-state index contributed by atoms with van der Waals surface area (Å²) in [4.78, 5) is 1.81. The lowest BCUT2D eigenvalue weighted by Gasteiger charge is -2.11. The van der Waals surface area contributed by atoms with Crippen LogP contribution in [-0.2, 0) is 0 Å². The molecule has 1 aromatic rings. The largest absolute Gasteiger partial charge is 0.492 e. The number of hydrogen-bond donors (Lipinski definition) is 1. The van der Waals surface area contributed by atoms with Gasteiger partial charge in [-0.2, -0.15) is 0 Å². The zero-order valence-electron chi connectivity index (χ0n) is 12.6. The van der Waals surface area contributed by atoms with E-state index in [0.717, 1.165) is 18.8 Å².